The number of hydrogen-bond acceptors (Lipinski definition) is 1. The first-order chi connectivity index (χ1) is 8.97. The Bertz CT molecular complexity index is 617. The van der Waals surface area contributed by atoms with E-state index in [1.807, 2.05) is 6.07 Å². The van der Waals surface area contributed by atoms with Crippen LogP contribution >= 0.6 is 27.5 Å². The molecule has 100 valence electrons. The number of benzene rings is 2. The summed E-state index contributed by atoms with van der Waals surface area (Å²) in [7, 11) is 0. The largest absolute Gasteiger partial charge is 0.378 e. The Morgan fingerprint density at radius 3 is 2.58 bits per heavy atom. The maximum Gasteiger partial charge on any atom is 0.146 e. The third kappa shape index (κ3) is 3.45. The van der Waals surface area contributed by atoms with Gasteiger partial charge in [0.25, 0.3) is 0 Å². The number of halogens is 4. The summed E-state index contributed by atoms with van der Waals surface area (Å²) in [5.41, 5.74) is 1.34. The molecule has 1 nitrogen and oxygen atoms in total. The minimum absolute atomic E-state index is 0.143. The average molecular weight is 347 g/mol. The Balaban J connectivity index is 2.16. The molecule has 0 spiro atoms. The van der Waals surface area contributed by atoms with Gasteiger partial charge in [-0.1, -0.05) is 33.6 Å². The first kappa shape index (κ1) is 14.3. The fraction of sp³-hybridized carbons (Fsp3) is 0.143. The highest BCUT2D eigenvalue weighted by Gasteiger charge is 2.08. The zero-order chi connectivity index (χ0) is 14.0. The van der Waals surface area contributed by atoms with Crippen molar-refractivity contribution in [1.82, 2.24) is 0 Å². The third-order valence-corrected chi connectivity index (χ3v) is 3.71. The molecule has 0 aliphatic heterocycles. The van der Waals surface area contributed by atoms with Crippen LogP contribution in [0.25, 0.3) is 0 Å². The van der Waals surface area contributed by atoms with Gasteiger partial charge < -0.3 is 5.32 Å². The van der Waals surface area contributed by atoms with E-state index in [1.165, 1.54) is 13.0 Å². The summed E-state index contributed by atoms with van der Waals surface area (Å²) in [4.78, 5) is 0. The van der Waals surface area contributed by atoms with Gasteiger partial charge in [-0.15, -0.1) is 0 Å². The molecule has 0 unspecified atom stereocenters. The van der Waals surface area contributed by atoms with Gasteiger partial charge in [-0.3, -0.25) is 0 Å². The summed E-state index contributed by atoms with van der Waals surface area (Å²) in [6.07, 6.45) is 0. The Kier molecular flexibility index (Phi) is 4.42. The summed E-state index contributed by atoms with van der Waals surface area (Å²) >= 11 is 9.21. The van der Waals surface area contributed by atoms with E-state index in [4.69, 9.17) is 11.6 Å². The van der Waals surface area contributed by atoms with Gasteiger partial charge in [0.2, 0.25) is 0 Å². The van der Waals surface area contributed by atoms with Crippen LogP contribution in [0.3, 0.4) is 0 Å². The fourth-order valence-electron chi connectivity index (χ4n) is 1.64. The van der Waals surface area contributed by atoms with Gasteiger partial charge in [0.15, 0.2) is 0 Å². The quantitative estimate of drug-likeness (QED) is 0.795. The highest BCUT2D eigenvalue weighted by atomic mass is 79.9. The van der Waals surface area contributed by atoms with Crippen molar-refractivity contribution in [3.8, 4) is 0 Å². The summed E-state index contributed by atoms with van der Waals surface area (Å²) in [6, 6.07) is 7.66. The molecule has 0 saturated carbocycles. The van der Waals surface area contributed by atoms with E-state index in [0.717, 1.165) is 16.1 Å². The van der Waals surface area contributed by atoms with Crippen LogP contribution in [-0.4, -0.2) is 0 Å². The molecule has 5 heteroatoms. The molecule has 0 amide bonds. The minimum atomic E-state index is -0.469. The van der Waals surface area contributed by atoms with Gasteiger partial charge >= 0.3 is 0 Å². The average Bonchev–Trinajstić information content (AvgIpc) is 2.34. The lowest BCUT2D eigenvalue weighted by atomic mass is 10.2. The first-order valence-electron chi connectivity index (χ1n) is 5.61. The van der Waals surface area contributed by atoms with Crippen molar-refractivity contribution < 1.29 is 8.78 Å². The van der Waals surface area contributed by atoms with Crippen molar-refractivity contribution in [3.63, 3.8) is 0 Å². The van der Waals surface area contributed by atoms with Crippen LogP contribution in [0.5, 0.6) is 0 Å². The van der Waals surface area contributed by atoms with Gasteiger partial charge in [-0.2, -0.15) is 0 Å². The van der Waals surface area contributed by atoms with Crippen LogP contribution in [-0.2, 0) is 6.54 Å². The topological polar surface area (TPSA) is 12.0 Å². The molecule has 0 fully saturated rings. The fourth-order valence-corrected chi connectivity index (χ4v) is 2.46. The van der Waals surface area contributed by atoms with E-state index in [-0.39, 0.29) is 11.3 Å². The van der Waals surface area contributed by atoms with Crippen LogP contribution in [0.4, 0.5) is 14.5 Å². The Hall–Kier alpha value is -1.13. The van der Waals surface area contributed by atoms with Gasteiger partial charge in [-0.05, 0) is 36.2 Å². The van der Waals surface area contributed by atoms with Crippen LogP contribution < -0.4 is 5.32 Å². The molecule has 2 aromatic rings. The first-order valence-corrected chi connectivity index (χ1v) is 6.78. The Labute approximate surface area is 123 Å². The SMILES string of the molecule is Cc1cc(F)c(NCc2ccc(Cl)cc2Br)cc1F. The number of aryl methyl sites for hydroxylation is 1. The minimum Gasteiger partial charge on any atom is -0.378 e. The zero-order valence-electron chi connectivity index (χ0n) is 10.1. The molecule has 0 radical (unpaired) electrons. The van der Waals surface area contributed by atoms with E-state index in [2.05, 4.69) is 21.2 Å². The lowest BCUT2D eigenvalue weighted by molar-refractivity contribution is 0.594. The molecule has 0 aromatic heterocycles. The van der Waals surface area contributed by atoms with Crippen LogP contribution in [0, 0.1) is 18.6 Å². The summed E-state index contributed by atoms with van der Waals surface area (Å²) < 4.78 is 27.8. The highest BCUT2D eigenvalue weighted by molar-refractivity contribution is 9.10. The number of nitrogens with one attached hydrogen (secondary N) is 1. The molecule has 2 aromatic carbocycles. The second-order valence-corrected chi connectivity index (χ2v) is 5.46. The predicted molar refractivity (Wildman–Crippen MR) is 77.6 cm³/mol. The van der Waals surface area contributed by atoms with Crippen LogP contribution in [0.1, 0.15) is 11.1 Å². The van der Waals surface area contributed by atoms with Crippen LogP contribution in [0.15, 0.2) is 34.8 Å². The van der Waals surface area contributed by atoms with E-state index in [1.54, 1.807) is 12.1 Å². The Morgan fingerprint density at radius 1 is 1.16 bits per heavy atom. The Morgan fingerprint density at radius 2 is 1.89 bits per heavy atom. The molecule has 0 atom stereocenters. The number of anilines is 1. The molecule has 0 heterocycles. The van der Waals surface area contributed by atoms with E-state index in [9.17, 15) is 8.78 Å². The maximum absolute atomic E-state index is 13.6. The number of rotatable bonds is 3. The molecule has 0 bridgehead atoms. The second kappa shape index (κ2) is 5.88. The molecular formula is C14H11BrClF2N. The lowest BCUT2D eigenvalue weighted by Gasteiger charge is -2.10. The monoisotopic (exact) mass is 345 g/mol. The van der Waals surface area contributed by atoms with Crippen molar-refractivity contribution in [1.29, 1.82) is 0 Å². The molecule has 0 aliphatic rings. The van der Waals surface area contributed by atoms with E-state index < -0.39 is 11.6 Å². The molecule has 19 heavy (non-hydrogen) atoms. The van der Waals surface area contributed by atoms with Crippen molar-refractivity contribution in [2.75, 3.05) is 5.32 Å². The van der Waals surface area contributed by atoms with Crippen molar-refractivity contribution in [2.45, 2.75) is 13.5 Å². The van der Waals surface area contributed by atoms with Gasteiger partial charge in [0, 0.05) is 22.1 Å². The predicted octanol–water partition coefficient (Wildman–Crippen LogP) is 5.30. The molecular weight excluding hydrogens is 336 g/mol. The second-order valence-electron chi connectivity index (χ2n) is 4.17. The van der Waals surface area contributed by atoms with Crippen LogP contribution in [0.2, 0.25) is 5.02 Å². The smallest absolute Gasteiger partial charge is 0.146 e. The van der Waals surface area contributed by atoms with Gasteiger partial charge in [0.05, 0.1) is 5.69 Å². The summed E-state index contributed by atoms with van der Waals surface area (Å²) in [5, 5.41) is 3.48. The summed E-state index contributed by atoms with van der Waals surface area (Å²) in [5.74, 6) is -0.900. The standard InChI is InChI=1S/C14H11BrClF2N/c1-8-4-13(18)14(6-12(8)17)19-7-9-2-3-10(16)5-11(9)15/h2-6,19H,7H2,1H3. The van der Waals surface area contributed by atoms with E-state index >= 15 is 0 Å². The maximum atomic E-state index is 13.6. The van der Waals surface area contributed by atoms with Crippen molar-refractivity contribution in [2.24, 2.45) is 0 Å². The van der Waals surface area contributed by atoms with Gasteiger partial charge in [-0.25, -0.2) is 8.78 Å². The highest BCUT2D eigenvalue weighted by Crippen LogP contribution is 2.24. The van der Waals surface area contributed by atoms with Crippen molar-refractivity contribution >= 4 is 33.2 Å². The zero-order valence-corrected chi connectivity index (χ0v) is 12.4. The normalized spacial score (nSPS) is 10.6. The van der Waals surface area contributed by atoms with Gasteiger partial charge in [0.1, 0.15) is 11.6 Å². The summed E-state index contributed by atoms with van der Waals surface area (Å²) in [6.45, 7) is 1.90. The molecule has 0 aliphatic carbocycles. The third-order valence-electron chi connectivity index (χ3n) is 2.73. The van der Waals surface area contributed by atoms with E-state index in [0.29, 0.717) is 11.6 Å². The lowest BCUT2D eigenvalue weighted by Crippen LogP contribution is -2.03. The molecule has 0 saturated heterocycles. The number of hydrogen-bond donors (Lipinski definition) is 1. The molecule has 1 N–H and O–H groups in total. The van der Waals surface area contributed by atoms with Crippen molar-refractivity contribution in [3.05, 3.63) is 62.6 Å². The molecule has 2 rings (SSSR count).